The summed E-state index contributed by atoms with van der Waals surface area (Å²) in [5.41, 5.74) is 5.48. The van der Waals surface area contributed by atoms with E-state index in [4.69, 9.17) is 4.74 Å². The third-order valence-electron chi connectivity index (χ3n) is 5.32. The van der Waals surface area contributed by atoms with Gasteiger partial charge in [-0.2, -0.15) is 0 Å². The molecule has 0 unspecified atom stereocenters. The van der Waals surface area contributed by atoms with E-state index in [0.29, 0.717) is 6.61 Å². The van der Waals surface area contributed by atoms with Crippen LogP contribution in [0.25, 0.3) is 0 Å². The van der Waals surface area contributed by atoms with Crippen LogP contribution in [0.2, 0.25) is 0 Å². The molecular formula is C25H26N2O2S. The van der Waals surface area contributed by atoms with Gasteiger partial charge >= 0.3 is 6.03 Å². The zero-order chi connectivity index (χ0) is 20.9. The highest BCUT2D eigenvalue weighted by Gasteiger charge is 2.30. The number of anilines is 1. The van der Waals surface area contributed by atoms with Gasteiger partial charge in [0.25, 0.3) is 0 Å². The minimum absolute atomic E-state index is 0.0136. The highest BCUT2D eigenvalue weighted by Crippen LogP contribution is 2.38. The van der Waals surface area contributed by atoms with E-state index < -0.39 is 0 Å². The van der Waals surface area contributed by atoms with Gasteiger partial charge < -0.3 is 15.0 Å². The van der Waals surface area contributed by atoms with E-state index in [1.54, 1.807) is 11.8 Å². The van der Waals surface area contributed by atoms with Crippen molar-refractivity contribution in [2.75, 3.05) is 17.6 Å². The molecule has 1 aliphatic heterocycles. The van der Waals surface area contributed by atoms with Gasteiger partial charge in [0.15, 0.2) is 0 Å². The number of carbonyl (C=O) groups is 1. The fourth-order valence-corrected chi connectivity index (χ4v) is 4.69. The second-order valence-electron chi connectivity index (χ2n) is 7.49. The predicted molar refractivity (Wildman–Crippen MR) is 124 cm³/mol. The number of amides is 2. The van der Waals surface area contributed by atoms with Crippen LogP contribution in [0.3, 0.4) is 0 Å². The summed E-state index contributed by atoms with van der Waals surface area (Å²) >= 11 is 1.79. The van der Waals surface area contributed by atoms with Crippen LogP contribution >= 0.6 is 11.8 Å². The molecule has 0 aliphatic carbocycles. The first-order valence-electron chi connectivity index (χ1n) is 10.1. The molecule has 3 aromatic rings. The normalized spacial score (nSPS) is 15.8. The maximum absolute atomic E-state index is 12.9. The van der Waals surface area contributed by atoms with Crippen molar-refractivity contribution in [3.63, 3.8) is 0 Å². The fraction of sp³-hybridized carbons (Fsp3) is 0.240. The van der Waals surface area contributed by atoms with Gasteiger partial charge in [0.2, 0.25) is 0 Å². The molecule has 1 N–H and O–H groups in total. The number of carbonyl (C=O) groups excluding carboxylic acids is 1. The molecule has 3 aromatic carbocycles. The van der Waals surface area contributed by atoms with Crippen molar-refractivity contribution in [2.24, 2.45) is 0 Å². The Balaban J connectivity index is 1.40. The Morgan fingerprint density at radius 3 is 2.53 bits per heavy atom. The summed E-state index contributed by atoms with van der Waals surface area (Å²) < 4.78 is 5.88. The van der Waals surface area contributed by atoms with Gasteiger partial charge in [0.05, 0.1) is 0 Å². The van der Waals surface area contributed by atoms with Crippen LogP contribution < -0.4 is 10.1 Å². The molecule has 154 valence electrons. The Morgan fingerprint density at radius 1 is 1.03 bits per heavy atom. The first-order valence-corrected chi connectivity index (χ1v) is 11.2. The zero-order valence-electron chi connectivity index (χ0n) is 17.3. The lowest BCUT2D eigenvalue weighted by Crippen LogP contribution is -2.34. The minimum Gasteiger partial charge on any atom is -0.489 e. The summed E-state index contributed by atoms with van der Waals surface area (Å²) in [6, 6.07) is 24.2. The summed E-state index contributed by atoms with van der Waals surface area (Å²) in [5, 5.41) is 3.06. The Hall–Kier alpha value is -2.92. The highest BCUT2D eigenvalue weighted by molar-refractivity contribution is 7.99. The molecule has 1 fully saturated rings. The number of benzene rings is 3. The summed E-state index contributed by atoms with van der Waals surface area (Å²) in [6.45, 7) is 5.41. The number of nitrogens with zero attached hydrogens (tertiary/aromatic N) is 1. The third-order valence-corrected chi connectivity index (χ3v) is 6.58. The molecule has 0 spiro atoms. The first-order chi connectivity index (χ1) is 14.6. The van der Waals surface area contributed by atoms with Crippen molar-refractivity contribution in [3.05, 3.63) is 95.1 Å². The van der Waals surface area contributed by atoms with Gasteiger partial charge in [0, 0.05) is 18.0 Å². The Kier molecular flexibility index (Phi) is 6.29. The van der Waals surface area contributed by atoms with Crippen molar-refractivity contribution in [2.45, 2.75) is 25.8 Å². The summed E-state index contributed by atoms with van der Waals surface area (Å²) in [7, 11) is 0. The average Bonchev–Trinajstić information content (AvgIpc) is 3.26. The van der Waals surface area contributed by atoms with E-state index in [-0.39, 0.29) is 11.4 Å². The molecule has 0 radical (unpaired) electrons. The average molecular weight is 419 g/mol. The van der Waals surface area contributed by atoms with E-state index >= 15 is 0 Å². The molecule has 4 rings (SSSR count). The number of ether oxygens (including phenoxy) is 1. The van der Waals surface area contributed by atoms with Gasteiger partial charge in [-0.3, -0.25) is 0 Å². The molecule has 4 nitrogen and oxygen atoms in total. The summed E-state index contributed by atoms with van der Waals surface area (Å²) in [4.78, 5) is 14.8. The molecule has 0 bridgehead atoms. The van der Waals surface area contributed by atoms with E-state index in [2.05, 4.69) is 43.4 Å². The lowest BCUT2D eigenvalue weighted by Gasteiger charge is -2.24. The number of nitrogens with one attached hydrogen (secondary N) is 1. The van der Waals surface area contributed by atoms with E-state index in [1.165, 1.54) is 11.1 Å². The summed E-state index contributed by atoms with van der Waals surface area (Å²) in [5.74, 6) is 1.76. The van der Waals surface area contributed by atoms with Crippen LogP contribution in [0.15, 0.2) is 72.8 Å². The molecule has 30 heavy (non-hydrogen) atoms. The van der Waals surface area contributed by atoms with Gasteiger partial charge in [-0.1, -0.05) is 48.5 Å². The number of rotatable bonds is 5. The third kappa shape index (κ3) is 4.79. The van der Waals surface area contributed by atoms with Crippen molar-refractivity contribution in [3.8, 4) is 5.75 Å². The lowest BCUT2D eigenvalue weighted by atomic mass is 10.1. The monoisotopic (exact) mass is 418 g/mol. The number of aryl methyl sites for hydroxylation is 2. The van der Waals surface area contributed by atoms with Gasteiger partial charge in [-0.15, -0.1) is 11.8 Å². The minimum atomic E-state index is -0.0577. The first kappa shape index (κ1) is 20.4. The largest absolute Gasteiger partial charge is 0.489 e. The summed E-state index contributed by atoms with van der Waals surface area (Å²) in [6.07, 6.45) is 0. The molecule has 1 atom stereocenters. The number of urea groups is 1. The van der Waals surface area contributed by atoms with Crippen molar-refractivity contribution < 1.29 is 9.53 Å². The molecule has 1 saturated heterocycles. The van der Waals surface area contributed by atoms with Crippen molar-refractivity contribution in [1.82, 2.24) is 4.90 Å². The van der Waals surface area contributed by atoms with Crippen LogP contribution in [0, 0.1) is 13.8 Å². The smallest absolute Gasteiger partial charge is 0.323 e. The van der Waals surface area contributed by atoms with Crippen LogP contribution in [-0.2, 0) is 6.61 Å². The molecular weight excluding hydrogens is 392 g/mol. The van der Waals surface area contributed by atoms with E-state index in [9.17, 15) is 4.79 Å². The lowest BCUT2D eigenvalue weighted by molar-refractivity contribution is 0.214. The number of thioether (sulfide) groups is 1. The maximum Gasteiger partial charge on any atom is 0.323 e. The maximum atomic E-state index is 12.9. The highest BCUT2D eigenvalue weighted by atomic mass is 32.2. The molecule has 5 heteroatoms. The zero-order valence-corrected chi connectivity index (χ0v) is 18.1. The Labute approximate surface area is 182 Å². The second-order valence-corrected chi connectivity index (χ2v) is 8.68. The predicted octanol–water partition coefficient (Wildman–Crippen LogP) is 6.16. The molecule has 1 aliphatic rings. The van der Waals surface area contributed by atoms with Gasteiger partial charge in [-0.05, 0) is 60.4 Å². The Bertz CT molecular complexity index is 1010. The quantitative estimate of drug-likeness (QED) is 0.539. The molecule has 1 heterocycles. The van der Waals surface area contributed by atoms with Crippen LogP contribution in [0.4, 0.5) is 10.5 Å². The van der Waals surface area contributed by atoms with Crippen LogP contribution in [-0.4, -0.2) is 23.2 Å². The van der Waals surface area contributed by atoms with Crippen LogP contribution in [0.5, 0.6) is 5.75 Å². The van der Waals surface area contributed by atoms with E-state index in [0.717, 1.165) is 34.9 Å². The molecule has 0 aromatic heterocycles. The molecule has 0 saturated carbocycles. The van der Waals surface area contributed by atoms with Crippen molar-refractivity contribution >= 4 is 23.5 Å². The number of hydrogen-bond acceptors (Lipinski definition) is 3. The Morgan fingerprint density at radius 2 is 1.80 bits per heavy atom. The second kappa shape index (κ2) is 9.26. The topological polar surface area (TPSA) is 41.6 Å². The fourth-order valence-electron chi connectivity index (χ4n) is 3.44. The standard InChI is InChI=1S/C25H26N2O2S/c1-18-8-11-22(16-19(18)2)26-25(28)27-14-15-30-24(27)21-9-12-23(13-10-21)29-17-20-6-4-3-5-7-20/h3-13,16,24H,14-15,17H2,1-2H3,(H,26,28)/t24-/m1/s1. The van der Waals surface area contributed by atoms with Gasteiger partial charge in [-0.25, -0.2) is 4.79 Å². The molecule has 2 amide bonds. The van der Waals surface area contributed by atoms with Gasteiger partial charge in [0.1, 0.15) is 17.7 Å². The number of hydrogen-bond donors (Lipinski definition) is 1. The van der Waals surface area contributed by atoms with Crippen LogP contribution in [0.1, 0.15) is 27.6 Å². The van der Waals surface area contributed by atoms with E-state index in [1.807, 2.05) is 53.4 Å². The van der Waals surface area contributed by atoms with Crippen molar-refractivity contribution in [1.29, 1.82) is 0 Å². The SMILES string of the molecule is Cc1ccc(NC(=O)N2CCS[C@@H]2c2ccc(OCc3ccccc3)cc2)cc1C.